The zero-order valence-corrected chi connectivity index (χ0v) is 17.5. The average molecular weight is 475 g/mol. The Morgan fingerprint density at radius 2 is 1.83 bits per heavy atom. The topological polar surface area (TPSA) is 66.8 Å². The Balaban J connectivity index is 1.78. The fraction of sp³-hybridized carbons (Fsp3) is 0.263. The number of nitrogens with zero attached hydrogens (tertiary/aromatic N) is 2. The molecule has 0 N–H and O–H groups in total. The lowest BCUT2D eigenvalue weighted by atomic mass is 10.1. The molecule has 0 aromatic heterocycles. The molecule has 4 rings (SSSR count). The number of sulfone groups is 1. The predicted molar refractivity (Wildman–Crippen MR) is 111 cm³/mol. The molecule has 0 bridgehead atoms. The summed E-state index contributed by atoms with van der Waals surface area (Å²) in [6.45, 7) is 0. The number of halogens is 4. The third kappa shape index (κ3) is 4.08. The maximum atomic E-state index is 13.3. The van der Waals surface area contributed by atoms with Crippen LogP contribution in [0.1, 0.15) is 15.9 Å². The van der Waals surface area contributed by atoms with Gasteiger partial charge in [0.2, 0.25) is 0 Å². The van der Waals surface area contributed by atoms with Crippen LogP contribution in [0, 0.1) is 0 Å². The minimum absolute atomic E-state index is 0.0865. The lowest BCUT2D eigenvalue weighted by Crippen LogP contribution is -2.37. The van der Waals surface area contributed by atoms with Gasteiger partial charge in [-0.3, -0.25) is 4.79 Å². The third-order valence-corrected chi connectivity index (χ3v) is 8.36. The van der Waals surface area contributed by atoms with Crippen LogP contribution < -0.4 is 4.90 Å². The van der Waals surface area contributed by atoms with Crippen LogP contribution in [0.25, 0.3) is 0 Å². The molecule has 0 aliphatic carbocycles. The smallest absolute Gasteiger partial charge is 0.316 e. The maximum Gasteiger partial charge on any atom is 0.417 e. The number of hydrogen-bond acceptors (Lipinski definition) is 4. The number of anilines is 1. The number of amidine groups is 1. The summed E-state index contributed by atoms with van der Waals surface area (Å²) in [6, 6.07) is 10.9. The number of benzene rings is 2. The number of rotatable bonds is 2. The molecule has 0 unspecified atom stereocenters. The molecule has 11 heteroatoms. The fourth-order valence-corrected chi connectivity index (χ4v) is 7.62. The van der Waals surface area contributed by atoms with Crippen molar-refractivity contribution in [3.8, 4) is 0 Å². The van der Waals surface area contributed by atoms with Crippen LogP contribution >= 0.6 is 23.4 Å². The van der Waals surface area contributed by atoms with E-state index < -0.39 is 43.8 Å². The van der Waals surface area contributed by atoms with E-state index in [2.05, 4.69) is 4.99 Å². The maximum absolute atomic E-state index is 13.3. The zero-order valence-electron chi connectivity index (χ0n) is 15.1. The van der Waals surface area contributed by atoms with Gasteiger partial charge >= 0.3 is 6.18 Å². The van der Waals surface area contributed by atoms with Gasteiger partial charge in [-0.05, 0) is 30.3 Å². The number of aliphatic imine (C=N–C) groups is 1. The molecule has 30 heavy (non-hydrogen) atoms. The van der Waals surface area contributed by atoms with E-state index in [9.17, 15) is 26.4 Å². The van der Waals surface area contributed by atoms with Crippen molar-refractivity contribution in [2.75, 3.05) is 16.4 Å². The quantitative estimate of drug-likeness (QED) is 0.650. The zero-order chi connectivity index (χ0) is 21.7. The Kier molecular flexibility index (Phi) is 5.36. The van der Waals surface area contributed by atoms with Crippen LogP contribution in [0.15, 0.2) is 53.5 Å². The van der Waals surface area contributed by atoms with Crippen LogP contribution in [0.5, 0.6) is 0 Å². The molecule has 2 heterocycles. The number of carbonyl (C=O) groups excluding carboxylic acids is 1. The van der Waals surface area contributed by atoms with Crippen molar-refractivity contribution in [2.24, 2.45) is 4.99 Å². The van der Waals surface area contributed by atoms with Crippen molar-refractivity contribution in [1.82, 2.24) is 0 Å². The highest BCUT2D eigenvalue weighted by molar-refractivity contribution is 8.16. The van der Waals surface area contributed by atoms with Gasteiger partial charge in [0.05, 0.1) is 28.1 Å². The van der Waals surface area contributed by atoms with Crippen molar-refractivity contribution in [3.05, 3.63) is 64.7 Å². The second kappa shape index (κ2) is 7.58. The van der Waals surface area contributed by atoms with E-state index >= 15 is 0 Å². The summed E-state index contributed by atoms with van der Waals surface area (Å²) in [5, 5.41) is -0.723. The number of fused-ring (bicyclic) bond motifs is 1. The highest BCUT2D eigenvalue weighted by Crippen LogP contribution is 2.43. The molecule has 2 aromatic carbocycles. The standard InChI is InChI=1S/C19H14ClF3N2O3S2/c20-14-7-6-12(8-13(14)19(21,22)23)25-15-9-30(27,28)10-16(15)29-18(25)24-17(26)11-4-2-1-3-5-11/h1-8,15-16H,9-10H2/t15-,16+/m1/s1. The van der Waals surface area contributed by atoms with Crippen molar-refractivity contribution in [2.45, 2.75) is 17.5 Å². The van der Waals surface area contributed by atoms with E-state index in [0.29, 0.717) is 5.56 Å². The van der Waals surface area contributed by atoms with E-state index in [0.717, 1.165) is 23.9 Å². The van der Waals surface area contributed by atoms with E-state index in [-0.39, 0.29) is 22.4 Å². The number of hydrogen-bond donors (Lipinski definition) is 0. The number of carbonyl (C=O) groups is 1. The second-order valence-corrected chi connectivity index (χ2v) is 10.7. The summed E-state index contributed by atoms with van der Waals surface area (Å²) in [5.41, 5.74) is -0.629. The van der Waals surface area contributed by atoms with E-state index in [1.54, 1.807) is 30.3 Å². The van der Waals surface area contributed by atoms with Gasteiger partial charge in [0.15, 0.2) is 15.0 Å². The first-order valence-corrected chi connectivity index (χ1v) is 11.8. The Bertz CT molecular complexity index is 1140. The fourth-order valence-electron chi connectivity index (χ4n) is 3.48. The number of alkyl halides is 3. The van der Waals surface area contributed by atoms with Crippen molar-refractivity contribution in [3.63, 3.8) is 0 Å². The second-order valence-electron chi connectivity index (χ2n) is 6.90. The normalized spacial score (nSPS) is 24.3. The molecule has 2 aliphatic rings. The molecule has 2 atom stereocenters. The molecule has 2 aliphatic heterocycles. The van der Waals surface area contributed by atoms with E-state index in [1.807, 2.05) is 0 Å². The molecule has 0 saturated carbocycles. The third-order valence-electron chi connectivity index (χ3n) is 4.82. The predicted octanol–water partition coefficient (Wildman–Crippen LogP) is 4.27. The molecule has 5 nitrogen and oxygen atoms in total. The molecule has 2 fully saturated rings. The van der Waals surface area contributed by atoms with Crippen molar-refractivity contribution in [1.29, 1.82) is 0 Å². The van der Waals surface area contributed by atoms with Crippen LogP contribution in [-0.2, 0) is 16.0 Å². The van der Waals surface area contributed by atoms with E-state index in [4.69, 9.17) is 11.6 Å². The summed E-state index contributed by atoms with van der Waals surface area (Å²) >= 11 is 6.81. The minimum atomic E-state index is -4.68. The molecule has 2 saturated heterocycles. The van der Waals surface area contributed by atoms with Crippen LogP contribution in [0.4, 0.5) is 18.9 Å². The number of thioether (sulfide) groups is 1. The Hall–Kier alpha value is -2.04. The molecule has 1 amide bonds. The summed E-state index contributed by atoms with van der Waals surface area (Å²) in [6.07, 6.45) is -4.68. The monoisotopic (exact) mass is 474 g/mol. The van der Waals surface area contributed by atoms with Gasteiger partial charge in [-0.15, -0.1) is 0 Å². The first-order valence-electron chi connectivity index (χ1n) is 8.76. The summed E-state index contributed by atoms with van der Waals surface area (Å²) in [7, 11) is -3.35. The van der Waals surface area contributed by atoms with Gasteiger partial charge in [-0.25, -0.2) is 8.42 Å². The van der Waals surface area contributed by atoms with Gasteiger partial charge in [0.25, 0.3) is 5.91 Å². The summed E-state index contributed by atoms with van der Waals surface area (Å²) < 4.78 is 64.2. The van der Waals surface area contributed by atoms with Crippen LogP contribution in [0.2, 0.25) is 5.02 Å². The Morgan fingerprint density at radius 1 is 1.13 bits per heavy atom. The SMILES string of the molecule is O=C(N=C1S[C@H]2CS(=O)(=O)C[C@H]2N1c1ccc(Cl)c(C(F)(F)F)c1)c1ccccc1. The lowest BCUT2D eigenvalue weighted by Gasteiger charge is -2.25. The van der Waals surface area contributed by atoms with Crippen molar-refractivity contribution >= 4 is 50.0 Å². The highest BCUT2D eigenvalue weighted by atomic mass is 35.5. The Morgan fingerprint density at radius 3 is 2.50 bits per heavy atom. The van der Waals surface area contributed by atoms with Crippen LogP contribution in [0.3, 0.4) is 0 Å². The first kappa shape index (κ1) is 21.2. The van der Waals surface area contributed by atoms with E-state index in [1.165, 1.54) is 11.0 Å². The van der Waals surface area contributed by atoms with Gasteiger partial charge < -0.3 is 4.90 Å². The Labute approximate surface area is 179 Å². The van der Waals surface area contributed by atoms with Gasteiger partial charge in [-0.1, -0.05) is 41.6 Å². The minimum Gasteiger partial charge on any atom is -0.316 e. The van der Waals surface area contributed by atoms with Gasteiger partial charge in [0.1, 0.15) is 0 Å². The molecule has 0 spiro atoms. The van der Waals surface area contributed by atoms with Gasteiger partial charge in [-0.2, -0.15) is 18.2 Å². The molecular weight excluding hydrogens is 461 g/mol. The number of amides is 1. The summed E-state index contributed by atoms with van der Waals surface area (Å²) in [4.78, 5) is 18.1. The molecule has 2 aromatic rings. The molecule has 158 valence electrons. The largest absolute Gasteiger partial charge is 0.417 e. The lowest BCUT2D eigenvalue weighted by molar-refractivity contribution is -0.137. The van der Waals surface area contributed by atoms with Crippen molar-refractivity contribution < 1.29 is 26.4 Å². The summed E-state index contributed by atoms with van der Waals surface area (Å²) in [5.74, 6) is -0.916. The average Bonchev–Trinajstić information content (AvgIpc) is 3.13. The first-order chi connectivity index (χ1) is 14.0. The molecule has 0 radical (unpaired) electrons. The van der Waals surface area contributed by atoms with Crippen LogP contribution in [-0.4, -0.2) is 42.3 Å². The van der Waals surface area contributed by atoms with Gasteiger partial charge in [0, 0.05) is 16.5 Å². The highest BCUT2D eigenvalue weighted by Gasteiger charge is 2.49. The molecular formula is C19H14ClF3N2O3S2.